The molecular formula is C19H23N3O4S. The number of rotatable bonds is 8. The number of para-hydroxylation sites is 2. The SMILES string of the molecule is CCC(=O)n1c(SCCCCCN2C(=O)OC(C)C2=O)nc2ccccc21. The number of imidazole rings is 1. The third-order valence-corrected chi connectivity index (χ3v) is 5.48. The summed E-state index contributed by atoms with van der Waals surface area (Å²) in [4.78, 5) is 41.4. The van der Waals surface area contributed by atoms with Gasteiger partial charge in [0.2, 0.25) is 5.91 Å². The first kappa shape index (κ1) is 19.4. The van der Waals surface area contributed by atoms with Crippen LogP contribution >= 0.6 is 11.8 Å². The highest BCUT2D eigenvalue weighted by atomic mass is 32.2. The molecule has 1 aromatic heterocycles. The van der Waals surface area contributed by atoms with Crippen molar-refractivity contribution in [2.45, 2.75) is 50.8 Å². The van der Waals surface area contributed by atoms with Gasteiger partial charge in [0.05, 0.1) is 11.0 Å². The maximum atomic E-state index is 12.3. The van der Waals surface area contributed by atoms with Crippen LogP contribution in [0, 0.1) is 0 Å². The molecular weight excluding hydrogens is 366 g/mol. The van der Waals surface area contributed by atoms with Crippen molar-refractivity contribution in [1.82, 2.24) is 14.5 Å². The smallest absolute Gasteiger partial charge is 0.417 e. The van der Waals surface area contributed by atoms with Crippen LogP contribution in [0.3, 0.4) is 0 Å². The summed E-state index contributed by atoms with van der Waals surface area (Å²) >= 11 is 1.56. The molecule has 1 atom stereocenters. The molecule has 7 nitrogen and oxygen atoms in total. The number of hydrogen-bond acceptors (Lipinski definition) is 6. The fourth-order valence-electron chi connectivity index (χ4n) is 2.99. The average Bonchev–Trinajstić information content (AvgIpc) is 3.15. The van der Waals surface area contributed by atoms with Gasteiger partial charge in [-0.3, -0.25) is 14.2 Å². The molecule has 0 aliphatic carbocycles. The lowest BCUT2D eigenvalue weighted by Crippen LogP contribution is -2.31. The molecule has 27 heavy (non-hydrogen) atoms. The van der Waals surface area contributed by atoms with E-state index >= 15 is 0 Å². The van der Waals surface area contributed by atoms with Crippen LogP contribution in [0.2, 0.25) is 0 Å². The summed E-state index contributed by atoms with van der Waals surface area (Å²) in [6.45, 7) is 3.82. The van der Waals surface area contributed by atoms with Gasteiger partial charge in [-0.05, 0) is 31.9 Å². The Balaban J connectivity index is 1.50. The quantitative estimate of drug-likeness (QED) is 0.506. The van der Waals surface area contributed by atoms with E-state index in [0.29, 0.717) is 13.0 Å². The van der Waals surface area contributed by atoms with Gasteiger partial charge in [-0.15, -0.1) is 0 Å². The van der Waals surface area contributed by atoms with Crippen LogP contribution in [-0.2, 0) is 9.53 Å². The Morgan fingerprint density at radius 3 is 2.70 bits per heavy atom. The van der Waals surface area contributed by atoms with Gasteiger partial charge in [0.25, 0.3) is 5.91 Å². The Labute approximate surface area is 162 Å². The fourth-order valence-corrected chi connectivity index (χ4v) is 4.01. The fraction of sp³-hybridized carbons (Fsp3) is 0.474. The number of cyclic esters (lactones) is 1. The predicted molar refractivity (Wildman–Crippen MR) is 103 cm³/mol. The van der Waals surface area contributed by atoms with E-state index in [4.69, 9.17) is 4.74 Å². The maximum Gasteiger partial charge on any atom is 0.417 e. The van der Waals surface area contributed by atoms with Crippen LogP contribution in [0.15, 0.2) is 29.4 Å². The molecule has 0 bridgehead atoms. The van der Waals surface area contributed by atoms with Crippen molar-refractivity contribution in [3.63, 3.8) is 0 Å². The molecule has 2 aromatic rings. The second-order valence-electron chi connectivity index (χ2n) is 6.39. The Kier molecular flexibility index (Phi) is 6.15. The molecule has 1 aliphatic rings. The summed E-state index contributed by atoms with van der Waals surface area (Å²) in [7, 11) is 0. The molecule has 1 saturated heterocycles. The summed E-state index contributed by atoms with van der Waals surface area (Å²) in [5.74, 6) is 0.585. The van der Waals surface area contributed by atoms with Crippen molar-refractivity contribution < 1.29 is 19.1 Å². The minimum absolute atomic E-state index is 0.0337. The van der Waals surface area contributed by atoms with E-state index in [1.807, 2.05) is 31.2 Å². The number of unbranched alkanes of at least 4 members (excludes halogenated alkanes) is 2. The van der Waals surface area contributed by atoms with E-state index in [2.05, 4.69) is 4.98 Å². The van der Waals surface area contributed by atoms with Crippen LogP contribution in [-0.4, -0.2) is 50.8 Å². The zero-order valence-electron chi connectivity index (χ0n) is 15.5. The van der Waals surface area contributed by atoms with Crippen molar-refractivity contribution in [2.75, 3.05) is 12.3 Å². The summed E-state index contributed by atoms with van der Waals surface area (Å²) < 4.78 is 6.58. The highest BCUT2D eigenvalue weighted by Crippen LogP contribution is 2.25. The second kappa shape index (κ2) is 8.56. The number of benzene rings is 1. The minimum atomic E-state index is -0.669. The van der Waals surface area contributed by atoms with Crippen LogP contribution in [0.25, 0.3) is 11.0 Å². The molecule has 1 unspecified atom stereocenters. The standard InChI is InChI=1S/C19H23N3O4S/c1-3-16(23)22-15-10-6-5-9-14(15)20-18(22)27-12-8-4-7-11-21-17(24)13(2)26-19(21)25/h5-6,9-10,13H,3-4,7-8,11-12H2,1-2H3. The molecule has 2 amide bonds. The number of fused-ring (bicyclic) bond motifs is 1. The van der Waals surface area contributed by atoms with E-state index in [1.165, 1.54) is 4.90 Å². The highest BCUT2D eigenvalue weighted by molar-refractivity contribution is 7.99. The zero-order chi connectivity index (χ0) is 19.4. The van der Waals surface area contributed by atoms with E-state index < -0.39 is 12.2 Å². The van der Waals surface area contributed by atoms with Crippen LogP contribution in [0.1, 0.15) is 44.3 Å². The number of carbonyl (C=O) groups excluding carboxylic acids is 3. The highest BCUT2D eigenvalue weighted by Gasteiger charge is 2.36. The first-order valence-electron chi connectivity index (χ1n) is 9.18. The van der Waals surface area contributed by atoms with Gasteiger partial charge in [-0.25, -0.2) is 14.7 Å². The lowest BCUT2D eigenvalue weighted by molar-refractivity contribution is -0.129. The van der Waals surface area contributed by atoms with Crippen molar-refractivity contribution >= 4 is 40.7 Å². The number of ether oxygens (including phenoxy) is 1. The number of carbonyl (C=O) groups is 3. The summed E-state index contributed by atoms with van der Waals surface area (Å²) in [6.07, 6.45) is 1.72. The van der Waals surface area contributed by atoms with E-state index in [9.17, 15) is 14.4 Å². The number of aromatic nitrogens is 2. The van der Waals surface area contributed by atoms with E-state index in [-0.39, 0.29) is 11.8 Å². The van der Waals surface area contributed by atoms with Crippen LogP contribution in [0.4, 0.5) is 4.79 Å². The summed E-state index contributed by atoms with van der Waals surface area (Å²) in [6, 6.07) is 7.64. The monoisotopic (exact) mass is 389 g/mol. The molecule has 0 radical (unpaired) electrons. The number of imide groups is 1. The second-order valence-corrected chi connectivity index (χ2v) is 7.45. The number of hydrogen-bond donors (Lipinski definition) is 0. The van der Waals surface area contributed by atoms with Gasteiger partial charge in [0.1, 0.15) is 0 Å². The first-order valence-corrected chi connectivity index (χ1v) is 10.2. The molecule has 1 aromatic carbocycles. The van der Waals surface area contributed by atoms with Gasteiger partial charge in [-0.2, -0.15) is 0 Å². The number of thioether (sulfide) groups is 1. The number of amides is 2. The molecule has 0 N–H and O–H groups in total. The molecule has 0 spiro atoms. The van der Waals surface area contributed by atoms with Crippen molar-refractivity contribution in [1.29, 1.82) is 0 Å². The lowest BCUT2D eigenvalue weighted by atomic mass is 10.2. The molecule has 1 aliphatic heterocycles. The largest absolute Gasteiger partial charge is 0.436 e. The summed E-state index contributed by atoms with van der Waals surface area (Å²) in [5.41, 5.74) is 1.66. The third kappa shape index (κ3) is 4.16. The molecule has 2 heterocycles. The molecule has 8 heteroatoms. The van der Waals surface area contributed by atoms with Gasteiger partial charge in [0.15, 0.2) is 11.3 Å². The van der Waals surface area contributed by atoms with Gasteiger partial charge in [0, 0.05) is 18.7 Å². The topological polar surface area (TPSA) is 81.5 Å². The van der Waals surface area contributed by atoms with Crippen LogP contribution in [0.5, 0.6) is 0 Å². The normalized spacial score (nSPS) is 17.0. The minimum Gasteiger partial charge on any atom is -0.436 e. The Morgan fingerprint density at radius 2 is 2.00 bits per heavy atom. The molecule has 1 fully saturated rings. The zero-order valence-corrected chi connectivity index (χ0v) is 16.3. The summed E-state index contributed by atoms with van der Waals surface area (Å²) in [5, 5.41) is 0.718. The average molecular weight is 389 g/mol. The molecule has 144 valence electrons. The Hall–Kier alpha value is -2.35. The van der Waals surface area contributed by atoms with E-state index in [1.54, 1.807) is 23.3 Å². The number of nitrogens with zero attached hydrogens (tertiary/aromatic N) is 3. The van der Waals surface area contributed by atoms with Gasteiger partial charge in [-0.1, -0.05) is 37.2 Å². The first-order chi connectivity index (χ1) is 13.0. The van der Waals surface area contributed by atoms with Gasteiger partial charge < -0.3 is 4.74 Å². The molecule has 3 rings (SSSR count). The molecule has 0 saturated carbocycles. The Morgan fingerprint density at radius 1 is 1.22 bits per heavy atom. The third-order valence-electron chi connectivity index (χ3n) is 4.45. The van der Waals surface area contributed by atoms with Gasteiger partial charge >= 0.3 is 6.09 Å². The predicted octanol–water partition coefficient (Wildman–Crippen LogP) is 3.72. The van der Waals surface area contributed by atoms with Crippen molar-refractivity contribution in [3.05, 3.63) is 24.3 Å². The lowest BCUT2D eigenvalue weighted by Gasteiger charge is -2.10. The van der Waals surface area contributed by atoms with Crippen molar-refractivity contribution in [3.8, 4) is 0 Å². The maximum absolute atomic E-state index is 12.3. The van der Waals surface area contributed by atoms with Crippen molar-refractivity contribution in [2.24, 2.45) is 0 Å². The Bertz CT molecular complexity index is 864. The van der Waals surface area contributed by atoms with Crippen LogP contribution < -0.4 is 0 Å². The van der Waals surface area contributed by atoms with E-state index in [0.717, 1.165) is 41.2 Å².